The highest BCUT2D eigenvalue weighted by Gasteiger charge is 2.72. The first-order chi connectivity index (χ1) is 17.7. The number of aliphatic carboxylic acids is 1. The summed E-state index contributed by atoms with van der Waals surface area (Å²) in [4.78, 5) is 30.7. The minimum atomic E-state index is -1.34. The first-order valence-electron chi connectivity index (χ1n) is 11.5. The quantitative estimate of drug-likeness (QED) is 0.351. The van der Waals surface area contributed by atoms with Crippen molar-refractivity contribution in [1.82, 2.24) is 24.5 Å². The number of carboxylic acids is 1. The molecule has 4 aromatic rings. The number of nitrogens with zero attached hydrogens (tertiary/aromatic N) is 6. The van der Waals surface area contributed by atoms with Crippen molar-refractivity contribution in [1.29, 1.82) is 0 Å². The summed E-state index contributed by atoms with van der Waals surface area (Å²) in [6.07, 6.45) is 5.04. The Morgan fingerprint density at radius 2 is 2.03 bits per heavy atom. The van der Waals surface area contributed by atoms with Crippen LogP contribution in [0.15, 0.2) is 37.1 Å². The molecular formula is C24H22F2N8O3. The van der Waals surface area contributed by atoms with Gasteiger partial charge >= 0.3 is 5.97 Å². The molecule has 3 aromatic heterocycles. The van der Waals surface area contributed by atoms with E-state index in [0.717, 1.165) is 12.1 Å². The lowest BCUT2D eigenvalue weighted by Gasteiger charge is -2.27. The molecule has 11 nitrogen and oxygen atoms in total. The van der Waals surface area contributed by atoms with E-state index in [4.69, 9.17) is 16.2 Å². The van der Waals surface area contributed by atoms with Crippen LogP contribution < -0.4 is 21.1 Å². The molecule has 0 amide bonds. The van der Waals surface area contributed by atoms with Gasteiger partial charge in [0.15, 0.2) is 23.0 Å². The number of nitrogens with two attached hydrogens (primary N) is 2. The summed E-state index contributed by atoms with van der Waals surface area (Å²) >= 11 is 0. The number of benzene rings is 1. The monoisotopic (exact) mass is 508 g/mol. The third-order valence-electron chi connectivity index (χ3n) is 7.33. The van der Waals surface area contributed by atoms with E-state index in [0.29, 0.717) is 35.4 Å². The van der Waals surface area contributed by atoms with Gasteiger partial charge in [-0.25, -0.2) is 23.7 Å². The maximum Gasteiger partial charge on any atom is 0.326 e. The lowest BCUT2D eigenvalue weighted by Crippen LogP contribution is -2.45. The van der Waals surface area contributed by atoms with Crippen molar-refractivity contribution in [2.75, 3.05) is 24.3 Å². The van der Waals surface area contributed by atoms with Crippen LogP contribution in [0.3, 0.4) is 0 Å². The molecule has 0 radical (unpaired) electrons. The molecule has 3 atom stereocenters. The van der Waals surface area contributed by atoms with E-state index in [1.807, 2.05) is 4.90 Å². The molecule has 1 aromatic carbocycles. The molecule has 1 aliphatic heterocycles. The number of aromatic nitrogens is 5. The van der Waals surface area contributed by atoms with E-state index in [1.165, 1.54) is 19.6 Å². The molecule has 190 valence electrons. The van der Waals surface area contributed by atoms with Crippen molar-refractivity contribution in [2.24, 2.45) is 11.7 Å². The topological polar surface area (TPSA) is 158 Å². The number of carboxylic acid groups (broad SMARTS) is 1. The van der Waals surface area contributed by atoms with Gasteiger partial charge < -0.3 is 30.8 Å². The maximum absolute atomic E-state index is 14.9. The Morgan fingerprint density at radius 1 is 1.22 bits per heavy atom. The van der Waals surface area contributed by atoms with Gasteiger partial charge in [-0.2, -0.15) is 0 Å². The van der Waals surface area contributed by atoms with Crippen molar-refractivity contribution in [2.45, 2.75) is 24.5 Å². The highest BCUT2D eigenvalue weighted by molar-refractivity contribution is 5.88. The molecule has 37 heavy (non-hydrogen) atoms. The Morgan fingerprint density at radius 3 is 2.76 bits per heavy atom. The summed E-state index contributed by atoms with van der Waals surface area (Å²) in [5, 5.41) is 9.70. The lowest BCUT2D eigenvalue weighted by atomic mass is 10.1. The second-order valence-corrected chi connectivity index (χ2v) is 9.24. The van der Waals surface area contributed by atoms with E-state index in [2.05, 4.69) is 19.9 Å². The zero-order chi connectivity index (χ0) is 26.1. The van der Waals surface area contributed by atoms with E-state index in [-0.39, 0.29) is 35.3 Å². The van der Waals surface area contributed by atoms with Crippen LogP contribution in [-0.4, -0.2) is 60.8 Å². The fraction of sp³-hybridized carbons (Fsp3) is 0.292. The number of piperidine rings is 1. The van der Waals surface area contributed by atoms with Gasteiger partial charge in [-0.05, 0) is 24.1 Å². The number of pyridine rings is 1. The van der Waals surface area contributed by atoms with Gasteiger partial charge in [0, 0.05) is 24.1 Å². The molecule has 1 saturated heterocycles. The Hall–Kier alpha value is -4.39. The highest BCUT2D eigenvalue weighted by atomic mass is 19.1. The number of carbonyl (C=O) groups is 1. The van der Waals surface area contributed by atoms with Gasteiger partial charge in [-0.3, -0.25) is 9.78 Å². The standard InChI is InChI=1S/C24H22F2N8O3/c1-37-18-6-14(25)12(5-15(18)26)16-4-11(8-33-10-32-19-21(27)30-9-31-22(19)33)17(7-29-16)34-3-2-13-20(34)24(13,28)23(35)36/h4-7,9-10,13,20H,2-3,8,28H2,1H3,(H,35,36)(H2,27,30,31)/t13?,20?,24-/m1/s1. The molecule has 0 bridgehead atoms. The number of nitrogen functional groups attached to an aromatic ring is 1. The number of methoxy groups -OCH3 is 1. The van der Waals surface area contributed by atoms with Crippen molar-refractivity contribution in [3.05, 3.63) is 54.2 Å². The van der Waals surface area contributed by atoms with E-state index in [9.17, 15) is 18.7 Å². The summed E-state index contributed by atoms with van der Waals surface area (Å²) in [7, 11) is 1.25. The van der Waals surface area contributed by atoms with E-state index < -0.39 is 29.2 Å². The van der Waals surface area contributed by atoms with Crippen LogP contribution in [0.5, 0.6) is 5.75 Å². The van der Waals surface area contributed by atoms with Crippen LogP contribution in [0.1, 0.15) is 12.0 Å². The van der Waals surface area contributed by atoms with Crippen molar-refractivity contribution in [3.8, 4) is 17.0 Å². The molecule has 13 heteroatoms. The number of anilines is 2. The predicted octanol–water partition coefficient (Wildman–Crippen LogP) is 1.80. The van der Waals surface area contributed by atoms with Gasteiger partial charge in [0.2, 0.25) is 0 Å². The van der Waals surface area contributed by atoms with Crippen molar-refractivity contribution in [3.63, 3.8) is 0 Å². The fourth-order valence-electron chi connectivity index (χ4n) is 5.41. The SMILES string of the molecule is COc1cc(F)c(-c2cc(Cn3cnc4c(N)ncnc43)c(N3CCC4C3[C@@]4(N)C(=O)O)cn2)cc1F. The Kier molecular flexibility index (Phi) is 5.02. The first kappa shape index (κ1) is 23.0. The third kappa shape index (κ3) is 3.38. The lowest BCUT2D eigenvalue weighted by molar-refractivity contribution is -0.140. The van der Waals surface area contributed by atoms with Gasteiger partial charge in [0.1, 0.15) is 23.2 Å². The van der Waals surface area contributed by atoms with Crippen LogP contribution in [0.25, 0.3) is 22.4 Å². The summed E-state index contributed by atoms with van der Waals surface area (Å²) in [5.74, 6) is -2.66. The Labute approximate surface area is 208 Å². The number of hydrogen-bond donors (Lipinski definition) is 3. The van der Waals surface area contributed by atoms with Crippen LogP contribution in [0.4, 0.5) is 20.3 Å². The second-order valence-electron chi connectivity index (χ2n) is 9.24. The first-order valence-corrected chi connectivity index (χ1v) is 11.5. The zero-order valence-electron chi connectivity index (χ0n) is 19.6. The van der Waals surface area contributed by atoms with Crippen LogP contribution in [0, 0.1) is 17.6 Å². The summed E-state index contributed by atoms with van der Waals surface area (Å²) in [6.45, 7) is 0.803. The van der Waals surface area contributed by atoms with Crippen LogP contribution in [-0.2, 0) is 11.3 Å². The van der Waals surface area contributed by atoms with Gasteiger partial charge in [-0.1, -0.05) is 0 Å². The largest absolute Gasteiger partial charge is 0.494 e. The van der Waals surface area contributed by atoms with E-state index >= 15 is 0 Å². The molecule has 2 fully saturated rings. The van der Waals surface area contributed by atoms with Gasteiger partial charge in [0.25, 0.3) is 0 Å². The highest BCUT2D eigenvalue weighted by Crippen LogP contribution is 2.54. The van der Waals surface area contributed by atoms with Crippen LogP contribution in [0.2, 0.25) is 0 Å². The van der Waals surface area contributed by atoms with Crippen molar-refractivity contribution < 1.29 is 23.4 Å². The molecule has 1 saturated carbocycles. The molecule has 2 unspecified atom stereocenters. The summed E-state index contributed by atoms with van der Waals surface area (Å²) < 4.78 is 36.0. The number of ether oxygens (including phenoxy) is 1. The molecule has 1 aliphatic carbocycles. The Balaban J connectivity index is 1.47. The van der Waals surface area contributed by atoms with Crippen molar-refractivity contribution >= 4 is 28.6 Å². The molecule has 2 aliphatic rings. The third-order valence-corrected chi connectivity index (χ3v) is 7.33. The smallest absolute Gasteiger partial charge is 0.326 e. The summed E-state index contributed by atoms with van der Waals surface area (Å²) in [6, 6.07) is 3.24. The second kappa shape index (κ2) is 8.06. The molecule has 4 heterocycles. The summed E-state index contributed by atoms with van der Waals surface area (Å²) in [5.41, 5.74) is 13.2. The number of hydrogen-bond acceptors (Lipinski definition) is 9. The zero-order valence-corrected chi connectivity index (χ0v) is 19.6. The average molecular weight is 508 g/mol. The molecule has 6 rings (SSSR count). The number of rotatable bonds is 6. The minimum Gasteiger partial charge on any atom is -0.494 e. The number of halogens is 2. The Bertz CT molecular complexity index is 1580. The predicted molar refractivity (Wildman–Crippen MR) is 129 cm³/mol. The minimum absolute atomic E-state index is 0.0439. The molecule has 0 spiro atoms. The number of fused-ring (bicyclic) bond motifs is 2. The average Bonchev–Trinajstić information content (AvgIpc) is 3.20. The normalized spacial score (nSPS) is 22.3. The number of imidazole rings is 1. The van der Waals surface area contributed by atoms with Gasteiger partial charge in [0.05, 0.1) is 43.6 Å². The molecule has 5 N–H and O–H groups in total. The molecular weight excluding hydrogens is 486 g/mol. The fourth-order valence-corrected chi connectivity index (χ4v) is 5.41. The van der Waals surface area contributed by atoms with Gasteiger partial charge in [-0.15, -0.1) is 0 Å². The maximum atomic E-state index is 14.9. The van der Waals surface area contributed by atoms with Crippen LogP contribution >= 0.6 is 0 Å². The van der Waals surface area contributed by atoms with E-state index in [1.54, 1.807) is 17.0 Å².